The third kappa shape index (κ3) is 3.41. The number of halogens is 1. The summed E-state index contributed by atoms with van der Waals surface area (Å²) in [7, 11) is 0. The zero-order valence-electron chi connectivity index (χ0n) is 14.3. The number of phenols is 1. The Labute approximate surface area is 162 Å². The first-order valence-electron chi connectivity index (χ1n) is 8.21. The molecular weight excluding hydrogens is 412 g/mol. The molecule has 0 saturated carbocycles. The van der Waals surface area contributed by atoms with Crippen molar-refractivity contribution in [2.45, 2.75) is 6.92 Å². The van der Waals surface area contributed by atoms with E-state index >= 15 is 0 Å². The van der Waals surface area contributed by atoms with Gasteiger partial charge in [0, 0.05) is 20.9 Å². The molecule has 0 amide bonds. The molecule has 0 aliphatic carbocycles. The fraction of sp³-hybridized carbons (Fsp3) is 0.111. The van der Waals surface area contributed by atoms with Crippen LogP contribution < -0.4 is 10.2 Å². The minimum atomic E-state index is 0.00992. The van der Waals surface area contributed by atoms with E-state index in [0.717, 1.165) is 15.4 Å². The van der Waals surface area contributed by atoms with Gasteiger partial charge in [-0.25, -0.2) is 5.43 Å². The van der Waals surface area contributed by atoms with E-state index in [1.54, 1.807) is 12.1 Å². The van der Waals surface area contributed by atoms with Gasteiger partial charge in [0.2, 0.25) is 0 Å². The summed E-state index contributed by atoms with van der Waals surface area (Å²) in [5.74, 6) is 0.631. The Morgan fingerprint density at radius 2 is 2.15 bits per heavy atom. The van der Waals surface area contributed by atoms with Gasteiger partial charge in [-0.15, -0.1) is 10.2 Å². The number of nitrogens with zero attached hydrogens (tertiary/aromatic N) is 4. The van der Waals surface area contributed by atoms with E-state index in [2.05, 4.69) is 46.6 Å². The monoisotopic (exact) mass is 426 g/mol. The number of hydrogen-bond donors (Lipinski definition) is 3. The van der Waals surface area contributed by atoms with E-state index in [-0.39, 0.29) is 11.7 Å². The van der Waals surface area contributed by atoms with Gasteiger partial charge in [-0.2, -0.15) is 10.1 Å². The molecule has 9 heteroatoms. The zero-order chi connectivity index (χ0) is 18.8. The van der Waals surface area contributed by atoms with Crippen molar-refractivity contribution >= 4 is 50.2 Å². The summed E-state index contributed by atoms with van der Waals surface area (Å²) >= 11 is 3.39. The van der Waals surface area contributed by atoms with Crippen molar-refractivity contribution in [1.29, 1.82) is 0 Å². The summed E-state index contributed by atoms with van der Waals surface area (Å²) < 4.78 is 6.17. The molecule has 0 spiro atoms. The number of para-hydroxylation sites is 1. The Hall–Kier alpha value is -3.20. The van der Waals surface area contributed by atoms with Gasteiger partial charge in [-0.05, 0) is 25.1 Å². The van der Waals surface area contributed by atoms with Crippen molar-refractivity contribution in [2.24, 2.45) is 5.10 Å². The number of aromatic nitrogens is 4. The lowest BCUT2D eigenvalue weighted by Crippen LogP contribution is -1.99. The fourth-order valence-corrected chi connectivity index (χ4v) is 3.14. The van der Waals surface area contributed by atoms with Gasteiger partial charge in [0.15, 0.2) is 17.1 Å². The number of H-pyrrole nitrogens is 1. The molecule has 0 aliphatic heterocycles. The third-order valence-electron chi connectivity index (χ3n) is 3.86. The SMILES string of the molecule is CCOc1cc(Br)cc(/C=N\Nc2nnc3c(n2)[nH]c2ccccc23)c1O. The Bertz CT molecular complexity index is 1160. The van der Waals surface area contributed by atoms with Crippen molar-refractivity contribution in [3.05, 3.63) is 46.4 Å². The standard InChI is InChI=1S/C18H15BrN6O2/c1-2-27-14-8-11(19)7-10(16(14)26)9-20-24-18-22-17-15(23-25-18)12-5-3-4-6-13(12)21-17/h3-9,26H,2H2,1H3,(H2,21,22,24,25)/b20-9-. The van der Waals surface area contributed by atoms with Crippen LogP contribution >= 0.6 is 15.9 Å². The first-order chi connectivity index (χ1) is 13.2. The van der Waals surface area contributed by atoms with Gasteiger partial charge in [-0.3, -0.25) is 0 Å². The first-order valence-corrected chi connectivity index (χ1v) is 9.00. The highest BCUT2D eigenvalue weighted by Crippen LogP contribution is 2.33. The summed E-state index contributed by atoms with van der Waals surface area (Å²) in [6.07, 6.45) is 1.46. The minimum Gasteiger partial charge on any atom is -0.504 e. The molecule has 0 bridgehead atoms. The molecule has 27 heavy (non-hydrogen) atoms. The molecule has 0 unspecified atom stereocenters. The maximum absolute atomic E-state index is 10.3. The highest BCUT2D eigenvalue weighted by atomic mass is 79.9. The number of fused-ring (bicyclic) bond motifs is 3. The van der Waals surface area contributed by atoms with Crippen molar-refractivity contribution in [3.63, 3.8) is 0 Å². The largest absolute Gasteiger partial charge is 0.504 e. The van der Waals surface area contributed by atoms with Crippen LogP contribution in [0.5, 0.6) is 11.5 Å². The van der Waals surface area contributed by atoms with Crippen molar-refractivity contribution in [2.75, 3.05) is 12.0 Å². The van der Waals surface area contributed by atoms with E-state index in [9.17, 15) is 5.11 Å². The predicted molar refractivity (Wildman–Crippen MR) is 107 cm³/mol. The number of rotatable bonds is 5. The highest BCUT2D eigenvalue weighted by molar-refractivity contribution is 9.10. The molecule has 136 valence electrons. The molecule has 0 radical (unpaired) electrons. The maximum atomic E-state index is 10.3. The number of anilines is 1. The van der Waals surface area contributed by atoms with Gasteiger partial charge in [0.05, 0.1) is 12.8 Å². The lowest BCUT2D eigenvalue weighted by molar-refractivity contribution is 0.317. The van der Waals surface area contributed by atoms with Gasteiger partial charge in [0.25, 0.3) is 5.95 Å². The minimum absolute atomic E-state index is 0.00992. The number of benzene rings is 2. The normalized spacial score (nSPS) is 11.5. The van der Waals surface area contributed by atoms with Crippen LogP contribution in [0.4, 0.5) is 5.95 Å². The first kappa shape index (κ1) is 17.2. The summed E-state index contributed by atoms with van der Waals surface area (Å²) in [6, 6.07) is 11.2. The average Bonchev–Trinajstić information content (AvgIpc) is 3.03. The summed E-state index contributed by atoms with van der Waals surface area (Å²) in [4.78, 5) is 7.58. The van der Waals surface area contributed by atoms with Crippen molar-refractivity contribution in [3.8, 4) is 11.5 Å². The number of ether oxygens (including phenoxy) is 1. The summed E-state index contributed by atoms with van der Waals surface area (Å²) in [5.41, 5.74) is 5.47. The number of aromatic hydroxyl groups is 1. The van der Waals surface area contributed by atoms with Crippen LogP contribution in [0.1, 0.15) is 12.5 Å². The Balaban J connectivity index is 1.59. The molecule has 2 aromatic heterocycles. The lowest BCUT2D eigenvalue weighted by atomic mass is 10.2. The number of phenolic OH excluding ortho intramolecular Hbond substituents is 1. The van der Waals surface area contributed by atoms with Crippen LogP contribution in [0, 0.1) is 0 Å². The van der Waals surface area contributed by atoms with E-state index in [0.29, 0.717) is 29.1 Å². The fourth-order valence-electron chi connectivity index (χ4n) is 2.69. The molecule has 4 rings (SSSR count). The lowest BCUT2D eigenvalue weighted by Gasteiger charge is -2.08. The Morgan fingerprint density at radius 3 is 3.00 bits per heavy atom. The predicted octanol–water partition coefficient (Wildman–Crippen LogP) is 3.82. The van der Waals surface area contributed by atoms with E-state index < -0.39 is 0 Å². The van der Waals surface area contributed by atoms with Crippen LogP contribution in [0.3, 0.4) is 0 Å². The molecule has 2 aromatic carbocycles. The van der Waals surface area contributed by atoms with Gasteiger partial charge in [0.1, 0.15) is 5.52 Å². The average molecular weight is 427 g/mol. The molecule has 2 heterocycles. The summed E-state index contributed by atoms with van der Waals surface area (Å²) in [5, 5.41) is 23.6. The number of aromatic amines is 1. The Morgan fingerprint density at radius 1 is 1.30 bits per heavy atom. The molecule has 0 aliphatic rings. The van der Waals surface area contributed by atoms with Gasteiger partial charge < -0.3 is 14.8 Å². The van der Waals surface area contributed by atoms with E-state index in [1.165, 1.54) is 6.21 Å². The van der Waals surface area contributed by atoms with Crippen molar-refractivity contribution in [1.82, 2.24) is 20.2 Å². The van der Waals surface area contributed by atoms with Gasteiger partial charge in [-0.1, -0.05) is 34.1 Å². The van der Waals surface area contributed by atoms with Crippen molar-refractivity contribution < 1.29 is 9.84 Å². The van der Waals surface area contributed by atoms with Crippen LogP contribution in [-0.4, -0.2) is 38.1 Å². The Kier molecular flexibility index (Phi) is 4.59. The molecule has 0 atom stereocenters. The number of nitrogens with one attached hydrogen (secondary N) is 2. The second kappa shape index (κ2) is 7.20. The van der Waals surface area contributed by atoms with Crippen LogP contribution in [0.15, 0.2) is 46.0 Å². The third-order valence-corrected chi connectivity index (χ3v) is 4.32. The smallest absolute Gasteiger partial charge is 0.265 e. The second-order valence-corrected chi connectivity index (χ2v) is 6.56. The molecule has 0 saturated heterocycles. The number of hydrogen-bond acceptors (Lipinski definition) is 7. The molecule has 4 aromatic rings. The van der Waals surface area contributed by atoms with E-state index in [4.69, 9.17) is 4.74 Å². The second-order valence-electron chi connectivity index (χ2n) is 5.65. The molecule has 3 N–H and O–H groups in total. The highest BCUT2D eigenvalue weighted by Gasteiger charge is 2.10. The van der Waals surface area contributed by atoms with Crippen LogP contribution in [0.2, 0.25) is 0 Å². The maximum Gasteiger partial charge on any atom is 0.265 e. The molecule has 0 fully saturated rings. The zero-order valence-corrected chi connectivity index (χ0v) is 15.9. The quantitative estimate of drug-likeness (QED) is 0.330. The van der Waals surface area contributed by atoms with Crippen LogP contribution in [-0.2, 0) is 0 Å². The van der Waals surface area contributed by atoms with Gasteiger partial charge >= 0.3 is 0 Å². The van der Waals surface area contributed by atoms with E-state index in [1.807, 2.05) is 31.2 Å². The van der Waals surface area contributed by atoms with Crippen LogP contribution in [0.25, 0.3) is 22.1 Å². The summed E-state index contributed by atoms with van der Waals surface area (Å²) in [6.45, 7) is 2.29. The molecule has 8 nitrogen and oxygen atoms in total. The topological polar surface area (TPSA) is 108 Å². The number of hydrazone groups is 1. The molecular formula is C18H15BrN6O2.